The Balaban J connectivity index is 1.90. The van der Waals surface area contributed by atoms with Gasteiger partial charge in [-0.3, -0.25) is 14.5 Å². The topological polar surface area (TPSA) is 58.6 Å². The highest BCUT2D eigenvalue weighted by atomic mass is 19.4. The summed E-state index contributed by atoms with van der Waals surface area (Å²) in [5, 5.41) is 2.90. The van der Waals surface area contributed by atoms with Crippen molar-refractivity contribution < 1.29 is 27.5 Å². The molecule has 0 unspecified atom stereocenters. The molecule has 2 aliphatic rings. The fourth-order valence-electron chi connectivity index (χ4n) is 4.05. The molecule has 1 spiro atoms. The lowest BCUT2D eigenvalue weighted by atomic mass is 9.89. The van der Waals surface area contributed by atoms with Gasteiger partial charge in [-0.05, 0) is 63.3 Å². The van der Waals surface area contributed by atoms with Gasteiger partial charge in [-0.2, -0.15) is 13.2 Å². The van der Waals surface area contributed by atoms with E-state index in [1.54, 1.807) is 0 Å². The average molecular weight is 412 g/mol. The highest BCUT2D eigenvalue weighted by Gasteiger charge is 2.53. The van der Waals surface area contributed by atoms with Crippen LogP contribution in [-0.4, -0.2) is 41.1 Å². The lowest BCUT2D eigenvalue weighted by Gasteiger charge is -2.41. The van der Waals surface area contributed by atoms with Gasteiger partial charge >= 0.3 is 6.18 Å². The first kappa shape index (κ1) is 21.6. The van der Waals surface area contributed by atoms with E-state index >= 15 is 0 Å². The number of carbonyl (C=O) groups excluding carboxylic acids is 2. The first-order valence-electron chi connectivity index (χ1n) is 10.1. The van der Waals surface area contributed by atoms with Crippen LogP contribution in [0.2, 0.25) is 0 Å². The Labute approximate surface area is 168 Å². The van der Waals surface area contributed by atoms with Crippen LogP contribution in [0.1, 0.15) is 68.3 Å². The number of halogens is 3. The van der Waals surface area contributed by atoms with E-state index in [-0.39, 0.29) is 24.1 Å². The zero-order chi connectivity index (χ0) is 21.2. The number of ether oxygens (including phenoxy) is 1. The molecule has 1 heterocycles. The van der Waals surface area contributed by atoms with Crippen molar-refractivity contribution in [2.45, 2.75) is 76.4 Å². The van der Waals surface area contributed by atoms with Gasteiger partial charge in [-0.25, -0.2) is 0 Å². The summed E-state index contributed by atoms with van der Waals surface area (Å²) in [6.45, 7) is 3.92. The molecule has 2 amide bonds. The van der Waals surface area contributed by atoms with E-state index in [1.807, 2.05) is 13.8 Å². The molecule has 2 atom stereocenters. The van der Waals surface area contributed by atoms with Crippen molar-refractivity contribution in [3.63, 3.8) is 0 Å². The number of amides is 2. The Morgan fingerprint density at radius 3 is 2.38 bits per heavy atom. The Morgan fingerprint density at radius 1 is 1.21 bits per heavy atom. The van der Waals surface area contributed by atoms with Gasteiger partial charge in [0.15, 0.2) is 0 Å². The van der Waals surface area contributed by atoms with E-state index in [2.05, 4.69) is 5.32 Å². The number of nitrogens with one attached hydrogen (secondary N) is 1. The molecule has 1 aromatic carbocycles. The maximum atomic E-state index is 13.3. The average Bonchev–Trinajstić information content (AvgIpc) is 3.05. The molecule has 1 saturated heterocycles. The second-order valence-corrected chi connectivity index (χ2v) is 7.90. The van der Waals surface area contributed by atoms with Crippen LogP contribution < -0.4 is 5.32 Å². The number of nitrogens with zero attached hydrogens (tertiary/aromatic N) is 1. The Morgan fingerprint density at radius 2 is 1.83 bits per heavy atom. The van der Waals surface area contributed by atoms with E-state index in [1.165, 1.54) is 17.0 Å². The number of benzene rings is 1. The van der Waals surface area contributed by atoms with Crippen molar-refractivity contribution in [2.75, 3.05) is 6.61 Å². The quantitative estimate of drug-likeness (QED) is 0.809. The fraction of sp³-hybridized carbons (Fsp3) is 0.619. The van der Waals surface area contributed by atoms with Crippen LogP contribution in [0.3, 0.4) is 0 Å². The normalized spacial score (nSPS) is 22.5. The van der Waals surface area contributed by atoms with Crippen molar-refractivity contribution in [2.24, 2.45) is 0 Å². The Kier molecular flexibility index (Phi) is 6.22. The van der Waals surface area contributed by atoms with Crippen LogP contribution in [0, 0.1) is 0 Å². The molecule has 1 aliphatic carbocycles. The third kappa shape index (κ3) is 4.42. The van der Waals surface area contributed by atoms with Crippen LogP contribution in [0.25, 0.3) is 0 Å². The minimum atomic E-state index is -4.47. The number of hydrogen-bond acceptors (Lipinski definition) is 3. The molecule has 160 valence electrons. The smallest absolute Gasteiger partial charge is 0.353 e. The van der Waals surface area contributed by atoms with Gasteiger partial charge in [-0.15, -0.1) is 0 Å². The molecule has 29 heavy (non-hydrogen) atoms. The third-order valence-corrected chi connectivity index (χ3v) is 5.88. The standard InChI is InChI=1S/C21H27F3N2O3/c1-3-14(2)25-18(27)17-13-29-20(11-5-4-6-12-20)26(17)19(28)15-7-9-16(10-8-15)21(22,23)24/h7-10,14,17H,3-6,11-13H2,1-2H3,(H,25,27)/t14-,17-/m0/s1. The van der Waals surface area contributed by atoms with Crippen molar-refractivity contribution in [3.8, 4) is 0 Å². The van der Waals surface area contributed by atoms with Crippen molar-refractivity contribution >= 4 is 11.8 Å². The second kappa shape index (κ2) is 8.34. The van der Waals surface area contributed by atoms with Gasteiger partial charge in [0.2, 0.25) is 5.91 Å². The van der Waals surface area contributed by atoms with E-state index < -0.39 is 29.4 Å². The van der Waals surface area contributed by atoms with E-state index in [4.69, 9.17) is 4.74 Å². The molecule has 3 rings (SSSR count). The largest absolute Gasteiger partial charge is 0.416 e. The van der Waals surface area contributed by atoms with Crippen LogP contribution in [-0.2, 0) is 15.7 Å². The van der Waals surface area contributed by atoms with Crippen molar-refractivity contribution in [1.82, 2.24) is 10.2 Å². The van der Waals surface area contributed by atoms with Crippen LogP contribution >= 0.6 is 0 Å². The molecule has 1 N–H and O–H groups in total. The summed E-state index contributed by atoms with van der Waals surface area (Å²) in [6.07, 6.45) is 0.280. The molecule has 1 aliphatic heterocycles. The number of carbonyl (C=O) groups is 2. The molecular formula is C21H27F3N2O3. The highest BCUT2D eigenvalue weighted by molar-refractivity contribution is 5.98. The third-order valence-electron chi connectivity index (χ3n) is 5.88. The summed E-state index contributed by atoms with van der Waals surface area (Å²) in [5.74, 6) is -0.760. The van der Waals surface area contributed by atoms with Gasteiger partial charge in [0.05, 0.1) is 12.2 Å². The number of hydrogen-bond donors (Lipinski definition) is 1. The molecule has 1 saturated carbocycles. The predicted molar refractivity (Wildman–Crippen MR) is 101 cm³/mol. The van der Waals surface area contributed by atoms with Gasteiger partial charge in [0.1, 0.15) is 11.8 Å². The van der Waals surface area contributed by atoms with E-state index in [0.717, 1.165) is 37.8 Å². The van der Waals surface area contributed by atoms with Crippen LogP contribution in [0.5, 0.6) is 0 Å². The second-order valence-electron chi connectivity index (χ2n) is 7.90. The predicted octanol–water partition coefficient (Wildman–Crippen LogP) is 4.12. The Hall–Kier alpha value is -2.09. The number of rotatable bonds is 4. The van der Waals surface area contributed by atoms with Gasteiger partial charge < -0.3 is 10.1 Å². The first-order chi connectivity index (χ1) is 13.7. The van der Waals surface area contributed by atoms with E-state index in [0.29, 0.717) is 12.8 Å². The first-order valence-corrected chi connectivity index (χ1v) is 10.1. The fourth-order valence-corrected chi connectivity index (χ4v) is 4.05. The summed E-state index contributed by atoms with van der Waals surface area (Å²) >= 11 is 0. The van der Waals surface area contributed by atoms with E-state index in [9.17, 15) is 22.8 Å². The van der Waals surface area contributed by atoms with Crippen molar-refractivity contribution in [3.05, 3.63) is 35.4 Å². The molecule has 0 aromatic heterocycles. The summed E-state index contributed by atoms with van der Waals surface area (Å²) in [5.41, 5.74) is -1.56. The minimum absolute atomic E-state index is 0.0478. The monoisotopic (exact) mass is 412 g/mol. The molecule has 2 fully saturated rings. The lowest BCUT2D eigenvalue weighted by Crippen LogP contribution is -2.57. The van der Waals surface area contributed by atoms with Crippen LogP contribution in [0.15, 0.2) is 24.3 Å². The van der Waals surface area contributed by atoms with Gasteiger partial charge in [-0.1, -0.05) is 13.3 Å². The molecule has 1 aromatic rings. The summed E-state index contributed by atoms with van der Waals surface area (Å²) in [7, 11) is 0. The van der Waals surface area contributed by atoms with Gasteiger partial charge in [0, 0.05) is 11.6 Å². The molecule has 0 radical (unpaired) electrons. The molecule has 5 nitrogen and oxygen atoms in total. The highest BCUT2D eigenvalue weighted by Crippen LogP contribution is 2.41. The van der Waals surface area contributed by atoms with Gasteiger partial charge in [0.25, 0.3) is 5.91 Å². The molecule has 0 bridgehead atoms. The summed E-state index contributed by atoms with van der Waals surface area (Å²) in [6, 6.07) is 3.29. The SMILES string of the molecule is CC[C@H](C)NC(=O)[C@@H]1COC2(CCCCC2)N1C(=O)c1ccc(C(F)(F)F)cc1. The maximum absolute atomic E-state index is 13.3. The summed E-state index contributed by atoms with van der Waals surface area (Å²) in [4.78, 5) is 27.7. The number of alkyl halides is 3. The zero-order valence-corrected chi connectivity index (χ0v) is 16.7. The Bertz CT molecular complexity index is 743. The molecule has 8 heteroatoms. The van der Waals surface area contributed by atoms with Crippen LogP contribution in [0.4, 0.5) is 13.2 Å². The minimum Gasteiger partial charge on any atom is -0.353 e. The maximum Gasteiger partial charge on any atom is 0.416 e. The van der Waals surface area contributed by atoms with Crippen molar-refractivity contribution in [1.29, 1.82) is 0 Å². The lowest BCUT2D eigenvalue weighted by molar-refractivity contribution is -0.137. The molecular weight excluding hydrogens is 385 g/mol. The summed E-state index contributed by atoms with van der Waals surface area (Å²) < 4.78 is 44.6. The zero-order valence-electron chi connectivity index (χ0n) is 16.7.